The number of hydrogen-bond donors (Lipinski definition) is 0. The molecule has 0 N–H and O–H groups in total. The normalized spacial score (nSPS) is 16.8. The highest BCUT2D eigenvalue weighted by molar-refractivity contribution is 5.57. The number of imidazole rings is 1. The van der Waals surface area contributed by atoms with E-state index in [4.69, 9.17) is 0 Å². The minimum atomic E-state index is 0.525. The minimum Gasteiger partial charge on any atom is -0.329 e. The summed E-state index contributed by atoms with van der Waals surface area (Å²) in [4.78, 5) is 6.98. The number of benzene rings is 1. The third-order valence-corrected chi connectivity index (χ3v) is 5.09. The second-order valence-electron chi connectivity index (χ2n) is 6.89. The van der Waals surface area contributed by atoms with Gasteiger partial charge < -0.3 is 4.57 Å². The largest absolute Gasteiger partial charge is 0.329 e. The molecular weight excluding hydrogens is 310 g/mol. The molecule has 0 radical (unpaired) electrons. The van der Waals surface area contributed by atoms with E-state index >= 15 is 0 Å². The predicted octanol–water partition coefficient (Wildman–Crippen LogP) is 3.61. The maximum Gasteiger partial charge on any atom is 0.0951 e. The number of hydrogen-bond acceptors (Lipinski definition) is 3. The quantitative estimate of drug-likeness (QED) is 0.715. The first-order valence-electron chi connectivity index (χ1n) is 9.16. The fraction of sp³-hybridized carbons (Fsp3) is 0.400. The van der Waals surface area contributed by atoms with Crippen LogP contribution in [0.15, 0.2) is 55.2 Å². The van der Waals surface area contributed by atoms with Crippen LogP contribution in [0.3, 0.4) is 0 Å². The molecule has 0 aliphatic carbocycles. The van der Waals surface area contributed by atoms with Crippen molar-refractivity contribution in [3.63, 3.8) is 0 Å². The molecule has 0 saturated carbocycles. The maximum atomic E-state index is 4.52. The third kappa shape index (κ3) is 3.51. The number of rotatable bonds is 5. The van der Waals surface area contributed by atoms with E-state index < -0.39 is 0 Å². The molecule has 0 spiro atoms. The molecular formula is C20H25N5. The first-order valence-corrected chi connectivity index (χ1v) is 9.16. The van der Waals surface area contributed by atoms with Gasteiger partial charge in [0.15, 0.2) is 0 Å². The topological polar surface area (TPSA) is 38.9 Å². The van der Waals surface area contributed by atoms with Gasteiger partial charge in [-0.2, -0.15) is 5.10 Å². The predicted molar refractivity (Wildman–Crippen MR) is 99.7 cm³/mol. The summed E-state index contributed by atoms with van der Waals surface area (Å²) in [5.41, 5.74) is 3.31. The van der Waals surface area contributed by atoms with Gasteiger partial charge in [0.25, 0.3) is 0 Å². The van der Waals surface area contributed by atoms with Gasteiger partial charge in [-0.3, -0.25) is 4.90 Å². The summed E-state index contributed by atoms with van der Waals surface area (Å²) < 4.78 is 4.17. The Hall–Kier alpha value is -2.40. The van der Waals surface area contributed by atoms with Crippen molar-refractivity contribution in [1.82, 2.24) is 24.2 Å². The Morgan fingerprint density at radius 3 is 2.64 bits per heavy atom. The van der Waals surface area contributed by atoms with Crippen molar-refractivity contribution in [3.8, 4) is 16.9 Å². The molecule has 3 heterocycles. The SMILES string of the molecule is CC(Cn1cncc1-c1cnn(-c2ccccc2)c1)N1CCCCC1. The smallest absolute Gasteiger partial charge is 0.0951 e. The lowest BCUT2D eigenvalue weighted by atomic mass is 10.1. The Balaban J connectivity index is 1.52. The van der Waals surface area contributed by atoms with Crippen molar-refractivity contribution in [2.75, 3.05) is 13.1 Å². The van der Waals surface area contributed by atoms with Crippen molar-refractivity contribution >= 4 is 0 Å². The molecule has 3 aromatic rings. The number of nitrogens with zero attached hydrogens (tertiary/aromatic N) is 5. The highest BCUT2D eigenvalue weighted by Crippen LogP contribution is 2.21. The lowest BCUT2D eigenvalue weighted by Crippen LogP contribution is -2.39. The lowest BCUT2D eigenvalue weighted by Gasteiger charge is -2.32. The van der Waals surface area contributed by atoms with Crippen LogP contribution < -0.4 is 0 Å². The maximum absolute atomic E-state index is 4.52. The number of aromatic nitrogens is 4. The molecule has 0 bridgehead atoms. The summed E-state index contributed by atoms with van der Waals surface area (Å²) in [5, 5.41) is 4.52. The molecule has 1 aliphatic heterocycles. The van der Waals surface area contributed by atoms with Gasteiger partial charge in [-0.05, 0) is 45.0 Å². The van der Waals surface area contributed by atoms with E-state index in [1.807, 2.05) is 41.6 Å². The minimum absolute atomic E-state index is 0.525. The van der Waals surface area contributed by atoms with Crippen LogP contribution in [0.5, 0.6) is 0 Å². The monoisotopic (exact) mass is 335 g/mol. The Morgan fingerprint density at radius 1 is 1.04 bits per heavy atom. The fourth-order valence-corrected chi connectivity index (χ4v) is 3.64. The van der Waals surface area contributed by atoms with Gasteiger partial charge in [-0.15, -0.1) is 0 Å². The zero-order chi connectivity index (χ0) is 17.1. The van der Waals surface area contributed by atoms with Gasteiger partial charge in [0.1, 0.15) is 0 Å². The Bertz CT molecular complexity index is 798. The van der Waals surface area contributed by atoms with E-state index in [-0.39, 0.29) is 0 Å². The van der Waals surface area contributed by atoms with E-state index in [0.29, 0.717) is 6.04 Å². The average Bonchev–Trinajstić information content (AvgIpc) is 3.32. The van der Waals surface area contributed by atoms with Crippen LogP contribution in [0.25, 0.3) is 16.9 Å². The van der Waals surface area contributed by atoms with Crippen LogP contribution >= 0.6 is 0 Å². The second kappa shape index (κ2) is 7.23. The van der Waals surface area contributed by atoms with Crippen molar-refractivity contribution in [1.29, 1.82) is 0 Å². The van der Waals surface area contributed by atoms with Crippen molar-refractivity contribution in [3.05, 3.63) is 55.2 Å². The van der Waals surface area contributed by atoms with E-state index in [1.165, 1.54) is 32.4 Å². The van der Waals surface area contributed by atoms with Gasteiger partial charge in [0.2, 0.25) is 0 Å². The number of piperidine rings is 1. The van der Waals surface area contributed by atoms with Gasteiger partial charge in [-0.25, -0.2) is 9.67 Å². The Morgan fingerprint density at radius 2 is 1.84 bits per heavy atom. The van der Waals surface area contributed by atoms with E-state index in [1.54, 1.807) is 0 Å². The standard InChI is InChI=1S/C20H25N5/c1-17(23-10-6-3-7-11-23)14-24-16-21-13-20(24)18-12-22-25(15-18)19-8-4-2-5-9-19/h2,4-5,8-9,12-13,15-17H,3,6-7,10-11,14H2,1H3. The highest BCUT2D eigenvalue weighted by atomic mass is 15.3. The van der Waals surface area contributed by atoms with Gasteiger partial charge >= 0.3 is 0 Å². The summed E-state index contributed by atoms with van der Waals surface area (Å²) in [5.74, 6) is 0. The second-order valence-corrected chi connectivity index (χ2v) is 6.89. The molecule has 0 amide bonds. The third-order valence-electron chi connectivity index (χ3n) is 5.09. The average molecular weight is 335 g/mol. The first kappa shape index (κ1) is 16.1. The van der Waals surface area contributed by atoms with Crippen molar-refractivity contribution < 1.29 is 0 Å². The van der Waals surface area contributed by atoms with Crippen LogP contribution in [-0.4, -0.2) is 43.4 Å². The number of para-hydroxylation sites is 1. The van der Waals surface area contributed by atoms with Gasteiger partial charge in [0, 0.05) is 24.3 Å². The molecule has 130 valence electrons. The lowest BCUT2D eigenvalue weighted by molar-refractivity contribution is 0.160. The Kier molecular flexibility index (Phi) is 4.65. The van der Waals surface area contributed by atoms with E-state index in [0.717, 1.165) is 23.5 Å². The first-order chi connectivity index (χ1) is 12.3. The summed E-state index contributed by atoms with van der Waals surface area (Å²) >= 11 is 0. The summed E-state index contributed by atoms with van der Waals surface area (Å²) in [6, 6.07) is 10.7. The molecule has 4 rings (SSSR count). The molecule has 1 aromatic carbocycles. The number of likely N-dealkylation sites (tertiary alicyclic amines) is 1. The molecule has 1 saturated heterocycles. The molecule has 5 nitrogen and oxygen atoms in total. The molecule has 5 heteroatoms. The van der Waals surface area contributed by atoms with Crippen LogP contribution in [0.4, 0.5) is 0 Å². The summed E-state index contributed by atoms with van der Waals surface area (Å²) in [6.45, 7) is 5.72. The van der Waals surface area contributed by atoms with Crippen LogP contribution in [0.2, 0.25) is 0 Å². The molecule has 2 aromatic heterocycles. The molecule has 1 aliphatic rings. The zero-order valence-corrected chi connectivity index (χ0v) is 14.8. The zero-order valence-electron chi connectivity index (χ0n) is 14.8. The van der Waals surface area contributed by atoms with Gasteiger partial charge in [0.05, 0.1) is 30.1 Å². The van der Waals surface area contributed by atoms with Gasteiger partial charge in [-0.1, -0.05) is 24.6 Å². The summed E-state index contributed by atoms with van der Waals surface area (Å²) in [6.07, 6.45) is 11.9. The molecule has 1 unspecified atom stereocenters. The molecule has 1 atom stereocenters. The highest BCUT2D eigenvalue weighted by Gasteiger charge is 2.18. The Labute approximate surface area is 148 Å². The van der Waals surface area contributed by atoms with Crippen molar-refractivity contribution in [2.24, 2.45) is 0 Å². The van der Waals surface area contributed by atoms with E-state index in [2.05, 4.69) is 44.8 Å². The van der Waals surface area contributed by atoms with Crippen LogP contribution in [0.1, 0.15) is 26.2 Å². The fourth-order valence-electron chi connectivity index (χ4n) is 3.64. The summed E-state index contributed by atoms with van der Waals surface area (Å²) in [7, 11) is 0. The van der Waals surface area contributed by atoms with Crippen LogP contribution in [0, 0.1) is 0 Å². The van der Waals surface area contributed by atoms with E-state index in [9.17, 15) is 0 Å². The van der Waals surface area contributed by atoms with Crippen LogP contribution in [-0.2, 0) is 6.54 Å². The van der Waals surface area contributed by atoms with Crippen molar-refractivity contribution in [2.45, 2.75) is 38.8 Å². The molecule has 1 fully saturated rings. The molecule has 25 heavy (non-hydrogen) atoms.